The van der Waals surface area contributed by atoms with E-state index in [1.54, 1.807) is 17.5 Å². The maximum atomic E-state index is 4.12. The van der Waals surface area contributed by atoms with Gasteiger partial charge >= 0.3 is 0 Å². The Hall–Kier alpha value is -0.710. The molecule has 2 aromatic heterocycles. The molecule has 0 bridgehead atoms. The number of rotatable bonds is 4. The molecule has 0 unspecified atom stereocenters. The number of nitrogens with one attached hydrogen (secondary N) is 1. The highest BCUT2D eigenvalue weighted by Gasteiger charge is 2.05. The van der Waals surface area contributed by atoms with Gasteiger partial charge in [-0.2, -0.15) is 0 Å². The topological polar surface area (TPSA) is 24.9 Å². The quantitative estimate of drug-likeness (QED) is 0.929. The van der Waals surface area contributed by atoms with Crippen LogP contribution >= 0.6 is 27.3 Å². The number of nitrogens with zero attached hydrogens (tertiary/aromatic N) is 1. The third kappa shape index (κ3) is 3.14. The predicted octanol–water partition coefficient (Wildman–Crippen LogP) is 3.76. The minimum Gasteiger partial charge on any atom is -0.305 e. The Balaban J connectivity index is 1.91. The van der Waals surface area contributed by atoms with Crippen LogP contribution in [0, 0.1) is 0 Å². The van der Waals surface area contributed by atoms with Gasteiger partial charge in [0.25, 0.3) is 0 Å². The van der Waals surface area contributed by atoms with Crippen LogP contribution in [0.25, 0.3) is 0 Å². The van der Waals surface area contributed by atoms with Crippen molar-refractivity contribution in [2.75, 3.05) is 0 Å². The first-order valence-electron chi connectivity index (χ1n) is 5.13. The standard InChI is InChI=1S/C12H13BrN2S/c1-9(10-3-2-6-14-7-10)15-8-11-4-5-12(13)16-11/h2-7,9,15H,8H2,1H3/t9-/m1/s1. The molecule has 2 rings (SSSR count). The van der Waals surface area contributed by atoms with Crippen LogP contribution in [-0.2, 0) is 6.54 Å². The molecule has 0 aliphatic heterocycles. The smallest absolute Gasteiger partial charge is 0.0701 e. The van der Waals surface area contributed by atoms with Gasteiger partial charge in [0.05, 0.1) is 3.79 Å². The zero-order valence-electron chi connectivity index (χ0n) is 8.98. The van der Waals surface area contributed by atoms with E-state index in [1.807, 2.05) is 12.3 Å². The average molecular weight is 297 g/mol. The normalized spacial score (nSPS) is 12.6. The summed E-state index contributed by atoms with van der Waals surface area (Å²) in [6, 6.07) is 8.60. The largest absolute Gasteiger partial charge is 0.305 e. The number of thiophene rings is 1. The molecule has 84 valence electrons. The van der Waals surface area contributed by atoms with Crippen LogP contribution in [0.4, 0.5) is 0 Å². The van der Waals surface area contributed by atoms with Crippen molar-refractivity contribution in [2.24, 2.45) is 0 Å². The first-order valence-corrected chi connectivity index (χ1v) is 6.74. The molecule has 2 nitrogen and oxygen atoms in total. The first kappa shape index (κ1) is 11.8. The lowest BCUT2D eigenvalue weighted by atomic mass is 10.1. The summed E-state index contributed by atoms with van der Waals surface area (Å²) in [6.45, 7) is 3.05. The van der Waals surface area contributed by atoms with E-state index in [-0.39, 0.29) is 0 Å². The van der Waals surface area contributed by atoms with Crippen LogP contribution in [0.5, 0.6) is 0 Å². The summed E-state index contributed by atoms with van der Waals surface area (Å²) in [7, 11) is 0. The Kier molecular flexibility index (Phi) is 4.09. The van der Waals surface area contributed by atoms with E-state index in [0.29, 0.717) is 6.04 Å². The van der Waals surface area contributed by atoms with Crippen molar-refractivity contribution in [3.05, 3.63) is 50.9 Å². The van der Waals surface area contributed by atoms with Gasteiger partial charge in [0.1, 0.15) is 0 Å². The maximum absolute atomic E-state index is 4.12. The van der Waals surface area contributed by atoms with Crippen LogP contribution in [0.3, 0.4) is 0 Å². The van der Waals surface area contributed by atoms with E-state index in [0.717, 1.165) is 6.54 Å². The van der Waals surface area contributed by atoms with Crippen LogP contribution < -0.4 is 5.32 Å². The van der Waals surface area contributed by atoms with Gasteiger partial charge in [-0.1, -0.05) is 6.07 Å². The summed E-state index contributed by atoms with van der Waals surface area (Å²) in [5.74, 6) is 0. The molecule has 2 heterocycles. The Morgan fingerprint density at radius 2 is 2.31 bits per heavy atom. The third-order valence-corrected chi connectivity index (χ3v) is 4.02. The summed E-state index contributed by atoms with van der Waals surface area (Å²) < 4.78 is 1.18. The summed E-state index contributed by atoms with van der Waals surface area (Å²) in [5, 5.41) is 3.48. The van der Waals surface area contributed by atoms with Gasteiger partial charge in [0, 0.05) is 29.9 Å². The van der Waals surface area contributed by atoms with Gasteiger partial charge < -0.3 is 5.32 Å². The Labute approximate surface area is 108 Å². The number of pyridine rings is 1. The fraction of sp³-hybridized carbons (Fsp3) is 0.250. The van der Waals surface area contributed by atoms with Crippen LogP contribution in [0.1, 0.15) is 23.4 Å². The summed E-state index contributed by atoms with van der Waals surface area (Å²) in [4.78, 5) is 5.46. The summed E-state index contributed by atoms with van der Waals surface area (Å²) in [5.41, 5.74) is 1.22. The van der Waals surface area contributed by atoms with Gasteiger partial charge in [0.15, 0.2) is 0 Å². The number of hydrogen-bond acceptors (Lipinski definition) is 3. The lowest BCUT2D eigenvalue weighted by Gasteiger charge is -2.12. The van der Waals surface area contributed by atoms with E-state index in [4.69, 9.17) is 0 Å². The van der Waals surface area contributed by atoms with E-state index in [9.17, 15) is 0 Å². The molecule has 0 radical (unpaired) electrons. The molecule has 2 aromatic rings. The zero-order valence-corrected chi connectivity index (χ0v) is 11.4. The van der Waals surface area contributed by atoms with Crippen molar-refractivity contribution in [3.8, 4) is 0 Å². The summed E-state index contributed by atoms with van der Waals surface area (Å²) in [6.07, 6.45) is 3.70. The molecule has 0 saturated carbocycles. The molecular formula is C12H13BrN2S. The van der Waals surface area contributed by atoms with Crippen molar-refractivity contribution in [3.63, 3.8) is 0 Å². The highest BCUT2D eigenvalue weighted by atomic mass is 79.9. The van der Waals surface area contributed by atoms with Gasteiger partial charge in [-0.15, -0.1) is 11.3 Å². The monoisotopic (exact) mass is 296 g/mol. The minimum absolute atomic E-state index is 0.328. The fourth-order valence-corrected chi connectivity index (χ4v) is 2.88. The second-order valence-corrected chi connectivity index (χ2v) is 6.14. The average Bonchev–Trinajstić information content (AvgIpc) is 2.73. The molecule has 4 heteroatoms. The molecule has 0 aliphatic carbocycles. The Bertz CT molecular complexity index is 441. The van der Waals surface area contributed by atoms with Crippen molar-refractivity contribution >= 4 is 27.3 Å². The van der Waals surface area contributed by atoms with Crippen molar-refractivity contribution in [1.82, 2.24) is 10.3 Å². The highest BCUT2D eigenvalue weighted by molar-refractivity contribution is 9.11. The second-order valence-electron chi connectivity index (χ2n) is 3.59. The molecule has 0 fully saturated rings. The lowest BCUT2D eigenvalue weighted by Crippen LogP contribution is -2.17. The Morgan fingerprint density at radius 1 is 1.44 bits per heavy atom. The zero-order chi connectivity index (χ0) is 11.4. The second kappa shape index (κ2) is 5.57. The van der Waals surface area contributed by atoms with Gasteiger partial charge in [-0.05, 0) is 46.6 Å². The van der Waals surface area contributed by atoms with Crippen molar-refractivity contribution in [1.29, 1.82) is 0 Å². The molecule has 0 spiro atoms. The minimum atomic E-state index is 0.328. The number of halogens is 1. The molecule has 1 atom stereocenters. The van der Waals surface area contributed by atoms with E-state index >= 15 is 0 Å². The van der Waals surface area contributed by atoms with Gasteiger partial charge in [-0.3, -0.25) is 4.98 Å². The van der Waals surface area contributed by atoms with E-state index in [2.05, 4.69) is 51.4 Å². The highest BCUT2D eigenvalue weighted by Crippen LogP contribution is 2.22. The van der Waals surface area contributed by atoms with Crippen LogP contribution in [0.2, 0.25) is 0 Å². The fourth-order valence-electron chi connectivity index (χ4n) is 1.45. The van der Waals surface area contributed by atoms with E-state index < -0.39 is 0 Å². The van der Waals surface area contributed by atoms with Gasteiger partial charge in [0.2, 0.25) is 0 Å². The van der Waals surface area contributed by atoms with Crippen LogP contribution in [-0.4, -0.2) is 4.98 Å². The molecule has 16 heavy (non-hydrogen) atoms. The van der Waals surface area contributed by atoms with E-state index in [1.165, 1.54) is 14.2 Å². The predicted molar refractivity (Wildman–Crippen MR) is 71.5 cm³/mol. The molecule has 0 saturated heterocycles. The number of hydrogen-bond donors (Lipinski definition) is 1. The maximum Gasteiger partial charge on any atom is 0.0701 e. The molecular weight excluding hydrogens is 284 g/mol. The van der Waals surface area contributed by atoms with Crippen molar-refractivity contribution in [2.45, 2.75) is 19.5 Å². The van der Waals surface area contributed by atoms with Crippen LogP contribution in [0.15, 0.2) is 40.4 Å². The SMILES string of the molecule is C[C@@H](NCc1ccc(Br)s1)c1cccnc1. The number of aromatic nitrogens is 1. The molecule has 0 amide bonds. The Morgan fingerprint density at radius 3 is 2.94 bits per heavy atom. The molecule has 1 N–H and O–H groups in total. The first-order chi connectivity index (χ1) is 7.75. The molecule has 0 aliphatic rings. The summed E-state index contributed by atoms with van der Waals surface area (Å²) >= 11 is 5.23. The van der Waals surface area contributed by atoms with Gasteiger partial charge in [-0.25, -0.2) is 0 Å². The van der Waals surface area contributed by atoms with Crippen molar-refractivity contribution < 1.29 is 0 Å². The molecule has 0 aromatic carbocycles. The lowest BCUT2D eigenvalue weighted by molar-refractivity contribution is 0.577. The third-order valence-electron chi connectivity index (χ3n) is 2.40.